The molecule has 0 saturated carbocycles. The van der Waals surface area contributed by atoms with E-state index in [1.165, 1.54) is 34.7 Å². The lowest BCUT2D eigenvalue weighted by Crippen LogP contribution is -2.12. The van der Waals surface area contributed by atoms with Crippen LogP contribution in [0.4, 0.5) is 13.2 Å². The van der Waals surface area contributed by atoms with E-state index in [0.717, 1.165) is 0 Å². The van der Waals surface area contributed by atoms with E-state index < -0.39 is 28.4 Å². The number of rotatable bonds is 2. The molecule has 88 valence electrons. The number of benzene rings is 1. The zero-order chi connectivity index (χ0) is 12.5. The van der Waals surface area contributed by atoms with Gasteiger partial charge >= 0.3 is 6.18 Å². The molecule has 0 atom stereocenters. The first-order valence-corrected chi connectivity index (χ1v) is 5.92. The molecule has 0 bridgehead atoms. The van der Waals surface area contributed by atoms with Gasteiger partial charge in [0.05, 0.1) is 16.5 Å². The topological polar surface area (TPSA) is 17.1 Å². The van der Waals surface area contributed by atoms with Gasteiger partial charge in [0.15, 0.2) is 5.78 Å². The summed E-state index contributed by atoms with van der Waals surface area (Å²) < 4.78 is 37.8. The van der Waals surface area contributed by atoms with Gasteiger partial charge in [0.2, 0.25) is 0 Å². The van der Waals surface area contributed by atoms with Crippen molar-refractivity contribution in [1.82, 2.24) is 0 Å². The highest BCUT2D eigenvalue weighted by molar-refractivity contribution is 14.1. The molecule has 0 aromatic heterocycles. The van der Waals surface area contributed by atoms with E-state index in [1.807, 2.05) is 0 Å². The van der Waals surface area contributed by atoms with Crippen LogP contribution >= 0.6 is 45.8 Å². The molecule has 1 aromatic rings. The van der Waals surface area contributed by atoms with Crippen LogP contribution in [0.5, 0.6) is 0 Å². The van der Waals surface area contributed by atoms with Gasteiger partial charge in [-0.15, -0.1) is 11.6 Å². The van der Waals surface area contributed by atoms with E-state index in [0.29, 0.717) is 0 Å². The minimum atomic E-state index is -4.59. The average Bonchev–Trinajstić information content (AvgIpc) is 2.14. The fourth-order valence-corrected chi connectivity index (χ4v) is 2.54. The molecule has 0 saturated heterocycles. The fraction of sp³-hybridized carbons (Fsp3) is 0.222. The van der Waals surface area contributed by atoms with Gasteiger partial charge in [-0.2, -0.15) is 13.2 Å². The van der Waals surface area contributed by atoms with Crippen molar-refractivity contribution in [3.05, 3.63) is 31.9 Å². The summed E-state index contributed by atoms with van der Waals surface area (Å²) in [6.45, 7) is 0. The second kappa shape index (κ2) is 5.10. The van der Waals surface area contributed by atoms with Crippen molar-refractivity contribution in [1.29, 1.82) is 0 Å². The maximum Gasteiger partial charge on any atom is 0.418 e. The van der Waals surface area contributed by atoms with Crippen molar-refractivity contribution in [2.24, 2.45) is 0 Å². The Kier molecular flexibility index (Phi) is 4.48. The van der Waals surface area contributed by atoms with Crippen molar-refractivity contribution in [2.75, 3.05) is 5.88 Å². The first kappa shape index (κ1) is 14.1. The summed E-state index contributed by atoms with van der Waals surface area (Å²) >= 11 is 12.4. The number of Topliss-reactive ketones (excluding diaryl/α,β-unsaturated/α-hetero) is 1. The van der Waals surface area contributed by atoms with Crippen LogP contribution in [0.15, 0.2) is 12.1 Å². The molecule has 0 heterocycles. The first-order chi connectivity index (χ1) is 7.29. The molecule has 1 rings (SSSR count). The molecular formula is C9H4Cl2F3IO. The Morgan fingerprint density at radius 1 is 1.38 bits per heavy atom. The van der Waals surface area contributed by atoms with Crippen molar-refractivity contribution in [3.8, 4) is 0 Å². The SMILES string of the molecule is O=C(CCl)c1ccc(I)c(C(F)(F)F)c1Cl. The zero-order valence-corrected chi connectivity index (χ0v) is 11.2. The summed E-state index contributed by atoms with van der Waals surface area (Å²) in [5.41, 5.74) is -1.20. The van der Waals surface area contributed by atoms with E-state index in [4.69, 9.17) is 23.2 Å². The van der Waals surface area contributed by atoms with E-state index >= 15 is 0 Å². The Bertz CT molecular complexity index is 431. The van der Waals surface area contributed by atoms with Crippen LogP contribution in [0.25, 0.3) is 0 Å². The lowest BCUT2D eigenvalue weighted by molar-refractivity contribution is -0.138. The number of halogens is 6. The van der Waals surface area contributed by atoms with Crippen LogP contribution in [0.1, 0.15) is 15.9 Å². The number of carbonyl (C=O) groups is 1. The van der Waals surface area contributed by atoms with Crippen molar-refractivity contribution >= 4 is 51.6 Å². The molecule has 0 aliphatic rings. The van der Waals surface area contributed by atoms with Crippen LogP contribution in [-0.2, 0) is 6.18 Å². The molecule has 0 unspecified atom stereocenters. The van der Waals surface area contributed by atoms with Crippen molar-refractivity contribution < 1.29 is 18.0 Å². The molecule has 0 N–H and O–H groups in total. The van der Waals surface area contributed by atoms with Gasteiger partial charge in [0, 0.05) is 9.13 Å². The van der Waals surface area contributed by atoms with Gasteiger partial charge in [-0.3, -0.25) is 4.79 Å². The highest BCUT2D eigenvalue weighted by Gasteiger charge is 2.37. The Labute approximate surface area is 113 Å². The number of ketones is 1. The third kappa shape index (κ3) is 2.81. The maximum atomic E-state index is 12.6. The molecule has 1 aromatic carbocycles. The van der Waals surface area contributed by atoms with Crippen LogP contribution < -0.4 is 0 Å². The van der Waals surface area contributed by atoms with Gasteiger partial charge in [-0.05, 0) is 34.7 Å². The lowest BCUT2D eigenvalue weighted by atomic mass is 10.1. The Morgan fingerprint density at radius 3 is 2.38 bits per heavy atom. The first-order valence-electron chi connectivity index (χ1n) is 3.93. The fourth-order valence-electron chi connectivity index (χ4n) is 1.10. The van der Waals surface area contributed by atoms with Gasteiger partial charge in [0.1, 0.15) is 0 Å². The summed E-state index contributed by atoms with van der Waals surface area (Å²) in [6, 6.07) is 2.43. The summed E-state index contributed by atoms with van der Waals surface area (Å²) in [5, 5.41) is -0.593. The van der Waals surface area contributed by atoms with Crippen molar-refractivity contribution in [3.63, 3.8) is 0 Å². The quantitative estimate of drug-likeness (QED) is 0.421. The standard InChI is InChI=1S/C9H4Cl2F3IO/c10-3-6(16)4-1-2-5(15)7(8(4)11)9(12,13)14/h1-2H,3H2. The molecule has 0 amide bonds. The summed E-state index contributed by atoms with van der Waals surface area (Å²) in [6.07, 6.45) is -4.59. The third-order valence-corrected chi connectivity index (χ3v) is 3.33. The highest BCUT2D eigenvalue weighted by Crippen LogP contribution is 2.39. The predicted molar refractivity (Wildman–Crippen MR) is 64.2 cm³/mol. The smallest absolute Gasteiger partial charge is 0.293 e. The molecule has 0 fully saturated rings. The van der Waals surface area contributed by atoms with Crippen LogP contribution in [0, 0.1) is 3.57 Å². The number of hydrogen-bond acceptors (Lipinski definition) is 1. The van der Waals surface area contributed by atoms with Crippen LogP contribution in [-0.4, -0.2) is 11.7 Å². The lowest BCUT2D eigenvalue weighted by Gasteiger charge is -2.13. The monoisotopic (exact) mass is 382 g/mol. The second-order valence-corrected chi connectivity index (χ2v) is 4.65. The second-order valence-electron chi connectivity index (χ2n) is 2.84. The third-order valence-electron chi connectivity index (χ3n) is 1.80. The predicted octanol–water partition coefficient (Wildman–Crippen LogP) is 4.38. The van der Waals surface area contributed by atoms with E-state index in [2.05, 4.69) is 0 Å². The molecule has 1 nitrogen and oxygen atoms in total. The summed E-state index contributed by atoms with van der Waals surface area (Å²) in [5.74, 6) is -1.04. The zero-order valence-electron chi connectivity index (χ0n) is 7.54. The highest BCUT2D eigenvalue weighted by atomic mass is 127. The molecule has 0 aliphatic carbocycles. The van der Waals surface area contributed by atoms with Gasteiger partial charge in [0.25, 0.3) is 0 Å². The van der Waals surface area contributed by atoms with Gasteiger partial charge in [-0.25, -0.2) is 0 Å². The minimum Gasteiger partial charge on any atom is -0.293 e. The van der Waals surface area contributed by atoms with Crippen LogP contribution in [0.3, 0.4) is 0 Å². The number of carbonyl (C=O) groups excluding carboxylic acids is 1. The number of hydrogen-bond donors (Lipinski definition) is 0. The van der Waals surface area contributed by atoms with E-state index in [1.54, 1.807) is 0 Å². The molecule has 0 spiro atoms. The van der Waals surface area contributed by atoms with Gasteiger partial charge in [-0.1, -0.05) is 11.6 Å². The Balaban J connectivity index is 3.45. The molecule has 7 heteroatoms. The largest absolute Gasteiger partial charge is 0.418 e. The van der Waals surface area contributed by atoms with Gasteiger partial charge < -0.3 is 0 Å². The Hall–Kier alpha value is -0.0100. The van der Waals surface area contributed by atoms with E-state index in [-0.39, 0.29) is 9.13 Å². The van der Waals surface area contributed by atoms with E-state index in [9.17, 15) is 18.0 Å². The summed E-state index contributed by atoms with van der Waals surface area (Å²) in [4.78, 5) is 11.2. The summed E-state index contributed by atoms with van der Waals surface area (Å²) in [7, 11) is 0. The minimum absolute atomic E-state index is 0.0544. The molecule has 0 radical (unpaired) electrons. The maximum absolute atomic E-state index is 12.6. The Morgan fingerprint density at radius 2 is 1.94 bits per heavy atom. The van der Waals surface area contributed by atoms with Crippen molar-refractivity contribution in [2.45, 2.75) is 6.18 Å². The molecule has 0 aliphatic heterocycles. The average molecular weight is 383 g/mol. The number of alkyl halides is 4. The van der Waals surface area contributed by atoms with Crippen LogP contribution in [0.2, 0.25) is 5.02 Å². The molecule has 16 heavy (non-hydrogen) atoms. The normalized spacial score (nSPS) is 11.6. The molecular weight excluding hydrogens is 379 g/mol.